The van der Waals surface area contributed by atoms with Crippen molar-refractivity contribution in [1.29, 1.82) is 0 Å². The van der Waals surface area contributed by atoms with Crippen LogP contribution in [-0.4, -0.2) is 19.9 Å². The lowest BCUT2D eigenvalue weighted by atomic mass is 10.2. The molecule has 0 saturated heterocycles. The van der Waals surface area contributed by atoms with Crippen LogP contribution in [0, 0.1) is 0 Å². The zero-order valence-corrected chi connectivity index (χ0v) is 9.12. The van der Waals surface area contributed by atoms with Gasteiger partial charge in [-0.05, 0) is 12.5 Å². The summed E-state index contributed by atoms with van der Waals surface area (Å²) < 4.78 is 0. The molecule has 0 spiro atoms. The highest BCUT2D eigenvalue weighted by Gasteiger charge is 2.06. The van der Waals surface area contributed by atoms with Crippen LogP contribution in [0.2, 0.25) is 5.15 Å². The third kappa shape index (κ3) is 2.33. The smallest absolute Gasteiger partial charge is 0.197 e. The summed E-state index contributed by atoms with van der Waals surface area (Å²) in [6, 6.07) is 1.79. The third-order valence-corrected chi connectivity index (χ3v) is 2.16. The first-order chi connectivity index (χ1) is 7.29. The summed E-state index contributed by atoms with van der Waals surface area (Å²) in [6.07, 6.45) is 5.33. The molecule has 0 aromatic carbocycles. The van der Waals surface area contributed by atoms with Crippen LogP contribution in [-0.2, 0) is 6.42 Å². The number of nitrogens with one attached hydrogen (secondary N) is 1. The van der Waals surface area contributed by atoms with Gasteiger partial charge in [-0.25, -0.2) is 15.0 Å². The number of H-pyrrole nitrogens is 1. The van der Waals surface area contributed by atoms with E-state index in [1.807, 2.05) is 0 Å². The molecule has 78 valence electrons. The van der Waals surface area contributed by atoms with Crippen molar-refractivity contribution < 1.29 is 0 Å². The van der Waals surface area contributed by atoms with Gasteiger partial charge in [0.25, 0.3) is 0 Å². The molecule has 15 heavy (non-hydrogen) atoms. The molecule has 5 heteroatoms. The van der Waals surface area contributed by atoms with Crippen molar-refractivity contribution in [3.8, 4) is 11.6 Å². The zero-order chi connectivity index (χ0) is 10.7. The fraction of sp³-hybridized carbons (Fsp3) is 0.300. The van der Waals surface area contributed by atoms with Crippen LogP contribution in [0.25, 0.3) is 11.6 Å². The Morgan fingerprint density at radius 2 is 2.27 bits per heavy atom. The molecule has 1 N–H and O–H groups in total. The highest BCUT2D eigenvalue weighted by atomic mass is 35.5. The minimum Gasteiger partial charge on any atom is -0.342 e. The van der Waals surface area contributed by atoms with Gasteiger partial charge in [-0.1, -0.05) is 24.9 Å². The number of aromatic nitrogens is 4. The first-order valence-corrected chi connectivity index (χ1v) is 5.20. The molecule has 0 atom stereocenters. The van der Waals surface area contributed by atoms with Gasteiger partial charge < -0.3 is 4.98 Å². The lowest BCUT2D eigenvalue weighted by molar-refractivity contribution is 0.873. The molecule has 0 unspecified atom stereocenters. The van der Waals surface area contributed by atoms with Gasteiger partial charge in [-0.15, -0.1) is 0 Å². The van der Waals surface area contributed by atoms with E-state index in [0.717, 1.165) is 18.5 Å². The van der Waals surface area contributed by atoms with Crippen LogP contribution in [0.1, 0.15) is 19.0 Å². The lowest BCUT2D eigenvalue weighted by Gasteiger charge is -2.01. The molecule has 0 aliphatic heterocycles. The summed E-state index contributed by atoms with van der Waals surface area (Å²) in [6.45, 7) is 2.10. The largest absolute Gasteiger partial charge is 0.342 e. The van der Waals surface area contributed by atoms with Crippen LogP contribution in [0.15, 0.2) is 18.5 Å². The summed E-state index contributed by atoms with van der Waals surface area (Å²) in [7, 11) is 0. The summed E-state index contributed by atoms with van der Waals surface area (Å²) in [4.78, 5) is 15.5. The van der Waals surface area contributed by atoms with Crippen molar-refractivity contribution in [3.05, 3.63) is 29.3 Å². The lowest BCUT2D eigenvalue weighted by Crippen LogP contribution is -1.97. The monoisotopic (exact) mass is 222 g/mol. The quantitative estimate of drug-likeness (QED) is 0.812. The zero-order valence-electron chi connectivity index (χ0n) is 8.37. The first kappa shape index (κ1) is 10.1. The molecule has 2 heterocycles. The first-order valence-electron chi connectivity index (χ1n) is 4.83. The molecule has 2 aromatic rings. The number of halogens is 1. The van der Waals surface area contributed by atoms with Gasteiger partial charge in [0.05, 0.1) is 0 Å². The maximum atomic E-state index is 5.91. The van der Waals surface area contributed by atoms with Crippen LogP contribution in [0.4, 0.5) is 0 Å². The predicted molar refractivity (Wildman–Crippen MR) is 58.6 cm³/mol. The minimum atomic E-state index is 0.458. The average Bonchev–Trinajstić information content (AvgIpc) is 2.70. The average molecular weight is 223 g/mol. The Kier molecular flexibility index (Phi) is 2.97. The van der Waals surface area contributed by atoms with Crippen molar-refractivity contribution in [3.63, 3.8) is 0 Å². The summed E-state index contributed by atoms with van der Waals surface area (Å²) >= 11 is 5.91. The summed E-state index contributed by atoms with van der Waals surface area (Å²) in [5.74, 6) is 1.20. The van der Waals surface area contributed by atoms with E-state index in [2.05, 4.69) is 26.9 Å². The molecule has 0 radical (unpaired) electrons. The predicted octanol–water partition coefficient (Wildman–Crippen LogP) is 2.47. The summed E-state index contributed by atoms with van der Waals surface area (Å²) in [5.41, 5.74) is 0.948. The van der Waals surface area contributed by atoms with Gasteiger partial charge in [0, 0.05) is 18.1 Å². The number of imidazole rings is 1. The van der Waals surface area contributed by atoms with E-state index in [-0.39, 0.29) is 0 Å². The fourth-order valence-corrected chi connectivity index (χ4v) is 1.55. The Labute approximate surface area is 92.8 Å². The van der Waals surface area contributed by atoms with Crippen LogP contribution >= 0.6 is 11.6 Å². The van der Waals surface area contributed by atoms with E-state index < -0.39 is 0 Å². The molecule has 2 rings (SSSR count). The van der Waals surface area contributed by atoms with E-state index in [0.29, 0.717) is 16.8 Å². The van der Waals surface area contributed by atoms with E-state index in [1.165, 1.54) is 0 Å². The Hall–Kier alpha value is -1.42. The van der Waals surface area contributed by atoms with E-state index in [9.17, 15) is 0 Å². The Bertz CT molecular complexity index is 439. The Morgan fingerprint density at radius 1 is 1.40 bits per heavy atom. The minimum absolute atomic E-state index is 0.458. The molecule has 0 bridgehead atoms. The van der Waals surface area contributed by atoms with Gasteiger partial charge in [-0.3, -0.25) is 0 Å². The number of aromatic amines is 1. The van der Waals surface area contributed by atoms with Crippen molar-refractivity contribution in [2.45, 2.75) is 19.8 Å². The maximum absolute atomic E-state index is 5.91. The second-order valence-corrected chi connectivity index (χ2v) is 3.58. The number of aryl methyl sites for hydroxylation is 1. The van der Waals surface area contributed by atoms with E-state index in [4.69, 9.17) is 11.6 Å². The normalized spacial score (nSPS) is 10.5. The molecule has 4 nitrogen and oxygen atoms in total. The van der Waals surface area contributed by atoms with Crippen molar-refractivity contribution >= 4 is 11.6 Å². The van der Waals surface area contributed by atoms with E-state index >= 15 is 0 Å². The highest BCUT2D eigenvalue weighted by molar-refractivity contribution is 6.29. The van der Waals surface area contributed by atoms with Gasteiger partial charge in [0.2, 0.25) is 0 Å². The molecular weight excluding hydrogens is 212 g/mol. The van der Waals surface area contributed by atoms with Gasteiger partial charge in [-0.2, -0.15) is 0 Å². The van der Waals surface area contributed by atoms with E-state index in [1.54, 1.807) is 18.5 Å². The number of rotatable bonds is 3. The molecular formula is C10H11ClN4. The Balaban J connectivity index is 2.40. The van der Waals surface area contributed by atoms with Crippen LogP contribution in [0.5, 0.6) is 0 Å². The molecule has 0 aliphatic carbocycles. The molecule has 0 amide bonds. The SMILES string of the molecule is CCCc1cc(Cl)nc(-c2ncc[nH]2)n1. The number of nitrogens with zero attached hydrogens (tertiary/aromatic N) is 3. The van der Waals surface area contributed by atoms with Crippen LogP contribution < -0.4 is 0 Å². The molecule has 0 saturated carbocycles. The summed E-state index contributed by atoms with van der Waals surface area (Å²) in [5, 5.41) is 0.458. The fourth-order valence-electron chi connectivity index (χ4n) is 1.34. The third-order valence-electron chi connectivity index (χ3n) is 1.96. The van der Waals surface area contributed by atoms with Gasteiger partial charge in [0.1, 0.15) is 5.15 Å². The molecule has 2 aromatic heterocycles. The highest BCUT2D eigenvalue weighted by Crippen LogP contribution is 2.15. The number of hydrogen-bond donors (Lipinski definition) is 1. The molecule has 0 fully saturated rings. The second kappa shape index (κ2) is 4.40. The van der Waals surface area contributed by atoms with Crippen LogP contribution in [0.3, 0.4) is 0 Å². The van der Waals surface area contributed by atoms with Crippen molar-refractivity contribution in [2.75, 3.05) is 0 Å². The Morgan fingerprint density at radius 3 is 2.93 bits per heavy atom. The van der Waals surface area contributed by atoms with Gasteiger partial charge >= 0.3 is 0 Å². The van der Waals surface area contributed by atoms with Gasteiger partial charge in [0.15, 0.2) is 11.6 Å². The number of hydrogen-bond acceptors (Lipinski definition) is 3. The topological polar surface area (TPSA) is 54.5 Å². The standard InChI is InChI=1S/C10H11ClN4/c1-2-3-7-6-8(11)15-10(14-7)9-12-4-5-13-9/h4-6H,2-3H2,1H3,(H,12,13). The maximum Gasteiger partial charge on any atom is 0.197 e. The van der Waals surface area contributed by atoms with Crippen molar-refractivity contribution in [2.24, 2.45) is 0 Å². The second-order valence-electron chi connectivity index (χ2n) is 3.19. The van der Waals surface area contributed by atoms with Crippen molar-refractivity contribution in [1.82, 2.24) is 19.9 Å². The molecule has 0 aliphatic rings.